The number of hydrogen-bond acceptors (Lipinski definition) is 3. The Bertz CT molecular complexity index is 660. The Balaban J connectivity index is 1.97. The molecule has 1 unspecified atom stereocenters. The van der Waals surface area contributed by atoms with E-state index in [0.717, 1.165) is 5.56 Å². The van der Waals surface area contributed by atoms with Crippen LogP contribution in [0.3, 0.4) is 0 Å². The normalized spacial score (nSPS) is 11.8. The molecule has 122 valence electrons. The number of ether oxygens (including phenoxy) is 1. The van der Waals surface area contributed by atoms with Crippen LogP contribution in [0.2, 0.25) is 0 Å². The van der Waals surface area contributed by atoms with E-state index in [9.17, 15) is 9.18 Å². The van der Waals surface area contributed by atoms with E-state index >= 15 is 0 Å². The molecule has 0 saturated heterocycles. The highest BCUT2D eigenvalue weighted by atomic mass is 19.1. The molecule has 0 saturated carbocycles. The van der Waals surface area contributed by atoms with E-state index in [-0.39, 0.29) is 31.0 Å². The summed E-state index contributed by atoms with van der Waals surface area (Å²) in [5.41, 5.74) is 1.34. The van der Waals surface area contributed by atoms with Crippen molar-refractivity contribution in [2.24, 2.45) is 0 Å². The van der Waals surface area contributed by atoms with Crippen LogP contribution in [-0.2, 0) is 6.61 Å². The van der Waals surface area contributed by atoms with Crippen molar-refractivity contribution in [3.05, 3.63) is 65.5 Å². The highest BCUT2D eigenvalue weighted by molar-refractivity contribution is 5.94. The Morgan fingerprint density at radius 2 is 2.04 bits per heavy atom. The number of aliphatic hydroxyl groups excluding tert-OH is 1. The van der Waals surface area contributed by atoms with Gasteiger partial charge in [-0.05, 0) is 43.2 Å². The Hall–Kier alpha value is -2.40. The lowest BCUT2D eigenvalue weighted by atomic mass is 10.1. The van der Waals surface area contributed by atoms with Gasteiger partial charge in [-0.3, -0.25) is 4.79 Å². The number of rotatable bonds is 7. The van der Waals surface area contributed by atoms with E-state index in [1.807, 2.05) is 13.0 Å². The fourth-order valence-corrected chi connectivity index (χ4v) is 2.10. The molecule has 23 heavy (non-hydrogen) atoms. The minimum Gasteiger partial charge on any atom is -0.489 e. The standard InChI is InChI=1S/C18H20FNO3/c1-13(8-9-21)20-18(22)15-5-2-4-14(10-15)12-23-17-7-3-6-16(19)11-17/h2-7,10-11,13,21H,8-9,12H2,1H3,(H,20,22). The van der Waals surface area contributed by atoms with Crippen LogP contribution in [0.4, 0.5) is 4.39 Å². The molecule has 0 radical (unpaired) electrons. The number of aliphatic hydroxyl groups is 1. The summed E-state index contributed by atoms with van der Waals surface area (Å²) in [6, 6.07) is 12.9. The van der Waals surface area contributed by atoms with Crippen molar-refractivity contribution in [1.29, 1.82) is 0 Å². The fourth-order valence-electron chi connectivity index (χ4n) is 2.10. The van der Waals surface area contributed by atoms with Crippen LogP contribution in [0.5, 0.6) is 5.75 Å². The first-order valence-electron chi connectivity index (χ1n) is 7.47. The van der Waals surface area contributed by atoms with Crippen molar-refractivity contribution in [2.75, 3.05) is 6.61 Å². The van der Waals surface area contributed by atoms with Gasteiger partial charge in [0.15, 0.2) is 0 Å². The van der Waals surface area contributed by atoms with E-state index in [4.69, 9.17) is 9.84 Å². The predicted molar refractivity (Wildman–Crippen MR) is 85.8 cm³/mol. The predicted octanol–water partition coefficient (Wildman–Crippen LogP) is 2.91. The molecular weight excluding hydrogens is 297 g/mol. The van der Waals surface area contributed by atoms with Crippen molar-refractivity contribution in [3.8, 4) is 5.75 Å². The highest BCUT2D eigenvalue weighted by Crippen LogP contribution is 2.15. The molecule has 0 aliphatic carbocycles. The minimum atomic E-state index is -0.353. The zero-order valence-corrected chi connectivity index (χ0v) is 13.0. The smallest absolute Gasteiger partial charge is 0.251 e. The monoisotopic (exact) mass is 317 g/mol. The zero-order chi connectivity index (χ0) is 16.7. The lowest BCUT2D eigenvalue weighted by molar-refractivity contribution is 0.0934. The molecule has 2 aromatic rings. The first kappa shape index (κ1) is 17.0. The molecule has 4 nitrogen and oxygen atoms in total. The SMILES string of the molecule is CC(CCO)NC(=O)c1cccc(COc2cccc(F)c2)c1. The molecule has 0 aliphatic heterocycles. The average molecular weight is 317 g/mol. The molecule has 0 fully saturated rings. The van der Waals surface area contributed by atoms with Gasteiger partial charge in [0.2, 0.25) is 0 Å². The Labute approximate surface area is 134 Å². The molecule has 2 N–H and O–H groups in total. The Morgan fingerprint density at radius 3 is 2.78 bits per heavy atom. The van der Waals surface area contributed by atoms with Gasteiger partial charge in [0.1, 0.15) is 18.2 Å². The Kier molecular flexibility index (Phi) is 6.11. The molecule has 1 amide bonds. The van der Waals surface area contributed by atoms with E-state index in [2.05, 4.69) is 5.32 Å². The summed E-state index contributed by atoms with van der Waals surface area (Å²) in [6.07, 6.45) is 0.508. The third-order valence-electron chi connectivity index (χ3n) is 3.33. The lowest BCUT2D eigenvalue weighted by Crippen LogP contribution is -2.33. The van der Waals surface area contributed by atoms with E-state index in [1.165, 1.54) is 12.1 Å². The van der Waals surface area contributed by atoms with Gasteiger partial charge in [0, 0.05) is 24.3 Å². The molecule has 0 bridgehead atoms. The van der Waals surface area contributed by atoms with Crippen LogP contribution < -0.4 is 10.1 Å². The molecule has 0 heterocycles. The minimum absolute atomic E-state index is 0.0307. The summed E-state index contributed by atoms with van der Waals surface area (Å²) in [7, 11) is 0. The molecule has 0 aromatic heterocycles. The molecule has 2 rings (SSSR count). The van der Waals surface area contributed by atoms with Gasteiger partial charge in [-0.2, -0.15) is 0 Å². The van der Waals surface area contributed by atoms with E-state index in [1.54, 1.807) is 30.3 Å². The van der Waals surface area contributed by atoms with Gasteiger partial charge >= 0.3 is 0 Å². The molecule has 5 heteroatoms. The lowest BCUT2D eigenvalue weighted by Gasteiger charge is -2.13. The van der Waals surface area contributed by atoms with Crippen molar-refractivity contribution in [1.82, 2.24) is 5.32 Å². The summed E-state index contributed by atoms with van der Waals surface area (Å²) in [6.45, 7) is 2.12. The van der Waals surface area contributed by atoms with Crippen LogP contribution in [-0.4, -0.2) is 23.7 Å². The van der Waals surface area contributed by atoms with Gasteiger partial charge in [-0.15, -0.1) is 0 Å². The van der Waals surface area contributed by atoms with Crippen LogP contribution in [0.25, 0.3) is 0 Å². The Morgan fingerprint density at radius 1 is 1.26 bits per heavy atom. The second-order valence-corrected chi connectivity index (χ2v) is 5.33. The second-order valence-electron chi connectivity index (χ2n) is 5.33. The summed E-state index contributed by atoms with van der Waals surface area (Å²) in [5, 5.41) is 11.7. The molecule has 1 atom stereocenters. The van der Waals surface area contributed by atoms with Crippen LogP contribution >= 0.6 is 0 Å². The van der Waals surface area contributed by atoms with Gasteiger partial charge in [0.25, 0.3) is 5.91 Å². The van der Waals surface area contributed by atoms with Crippen molar-refractivity contribution >= 4 is 5.91 Å². The largest absolute Gasteiger partial charge is 0.489 e. The maximum atomic E-state index is 13.1. The first-order valence-corrected chi connectivity index (χ1v) is 7.47. The molecule has 2 aromatic carbocycles. The van der Waals surface area contributed by atoms with Crippen LogP contribution in [0.15, 0.2) is 48.5 Å². The third-order valence-corrected chi connectivity index (χ3v) is 3.33. The average Bonchev–Trinajstić information content (AvgIpc) is 2.53. The van der Waals surface area contributed by atoms with Gasteiger partial charge in [-0.1, -0.05) is 18.2 Å². The summed E-state index contributed by atoms with van der Waals surface area (Å²) < 4.78 is 18.6. The van der Waals surface area contributed by atoms with Crippen LogP contribution in [0, 0.1) is 5.82 Å². The quantitative estimate of drug-likeness (QED) is 0.825. The van der Waals surface area contributed by atoms with Gasteiger partial charge in [-0.25, -0.2) is 4.39 Å². The maximum absolute atomic E-state index is 13.1. The van der Waals surface area contributed by atoms with Gasteiger partial charge in [0.05, 0.1) is 0 Å². The number of halogens is 1. The van der Waals surface area contributed by atoms with Crippen molar-refractivity contribution in [2.45, 2.75) is 26.0 Å². The number of nitrogens with one attached hydrogen (secondary N) is 1. The number of carbonyl (C=O) groups excluding carboxylic acids is 1. The molecular formula is C18H20FNO3. The number of benzene rings is 2. The fraction of sp³-hybridized carbons (Fsp3) is 0.278. The van der Waals surface area contributed by atoms with E-state index < -0.39 is 0 Å². The first-order chi connectivity index (χ1) is 11.1. The topological polar surface area (TPSA) is 58.6 Å². The third kappa shape index (κ3) is 5.38. The van der Waals surface area contributed by atoms with Crippen molar-refractivity contribution in [3.63, 3.8) is 0 Å². The molecule has 0 spiro atoms. The zero-order valence-electron chi connectivity index (χ0n) is 13.0. The highest BCUT2D eigenvalue weighted by Gasteiger charge is 2.10. The second kappa shape index (κ2) is 8.29. The van der Waals surface area contributed by atoms with Crippen molar-refractivity contribution < 1.29 is 19.0 Å². The maximum Gasteiger partial charge on any atom is 0.251 e. The molecule has 0 aliphatic rings. The van der Waals surface area contributed by atoms with Gasteiger partial charge < -0.3 is 15.2 Å². The number of carbonyl (C=O) groups is 1. The number of hydrogen-bond donors (Lipinski definition) is 2. The summed E-state index contributed by atoms with van der Waals surface area (Å²) in [5.74, 6) is -0.108. The summed E-state index contributed by atoms with van der Waals surface area (Å²) >= 11 is 0. The van der Waals surface area contributed by atoms with Crippen LogP contribution in [0.1, 0.15) is 29.3 Å². The number of amides is 1. The summed E-state index contributed by atoms with van der Waals surface area (Å²) in [4.78, 5) is 12.1. The van der Waals surface area contributed by atoms with E-state index in [0.29, 0.717) is 17.7 Å².